The molecule has 0 amide bonds. The van der Waals surface area contributed by atoms with Crippen LogP contribution in [-0.4, -0.2) is 42.3 Å². The largest absolute Gasteiger partial charge is 0.395 e. The minimum absolute atomic E-state index is 0.266. The smallest absolute Gasteiger partial charge is 0.0558 e. The van der Waals surface area contributed by atoms with E-state index < -0.39 is 0 Å². The lowest BCUT2D eigenvalue weighted by molar-refractivity contribution is 0.151. The molecule has 15 heavy (non-hydrogen) atoms. The molecule has 0 heterocycles. The van der Waals surface area contributed by atoms with Gasteiger partial charge in [0.25, 0.3) is 0 Å². The maximum absolute atomic E-state index is 8.99. The molecule has 0 saturated heterocycles. The van der Waals surface area contributed by atoms with Gasteiger partial charge in [0.1, 0.15) is 0 Å². The van der Waals surface area contributed by atoms with Crippen LogP contribution in [0.1, 0.15) is 39.0 Å². The van der Waals surface area contributed by atoms with Crippen LogP contribution in [0.5, 0.6) is 0 Å². The van der Waals surface area contributed by atoms with Crippen LogP contribution in [0.2, 0.25) is 0 Å². The first-order valence-electron chi connectivity index (χ1n) is 6.36. The Morgan fingerprint density at radius 3 is 2.60 bits per heavy atom. The van der Waals surface area contributed by atoms with Gasteiger partial charge in [0.2, 0.25) is 0 Å². The van der Waals surface area contributed by atoms with E-state index >= 15 is 0 Å². The maximum Gasteiger partial charge on any atom is 0.0558 e. The lowest BCUT2D eigenvalue weighted by Gasteiger charge is -2.33. The Labute approximate surface area is 93.6 Å². The second-order valence-corrected chi connectivity index (χ2v) is 4.73. The highest BCUT2D eigenvalue weighted by Gasteiger charge is 2.23. The molecule has 1 rings (SSSR count). The molecule has 1 saturated carbocycles. The van der Waals surface area contributed by atoms with E-state index in [1.807, 2.05) is 0 Å². The quantitative estimate of drug-likeness (QED) is 0.698. The summed E-state index contributed by atoms with van der Waals surface area (Å²) in [6.07, 6.45) is 6.24. The van der Waals surface area contributed by atoms with Crippen molar-refractivity contribution in [1.29, 1.82) is 0 Å². The number of hydrogen-bond donors (Lipinski definition) is 2. The van der Waals surface area contributed by atoms with E-state index in [9.17, 15) is 0 Å². The second-order valence-electron chi connectivity index (χ2n) is 4.73. The highest BCUT2D eigenvalue weighted by atomic mass is 16.3. The molecule has 0 spiro atoms. The fraction of sp³-hybridized carbons (Fsp3) is 1.00. The number of nitrogens with two attached hydrogens (primary N) is 1. The molecule has 1 aliphatic rings. The van der Waals surface area contributed by atoms with Crippen LogP contribution in [-0.2, 0) is 0 Å². The van der Waals surface area contributed by atoms with Crippen molar-refractivity contribution in [2.75, 3.05) is 26.2 Å². The van der Waals surface area contributed by atoms with Gasteiger partial charge in [0, 0.05) is 19.1 Å². The molecule has 0 aromatic rings. The van der Waals surface area contributed by atoms with E-state index in [4.69, 9.17) is 10.8 Å². The lowest BCUT2D eigenvalue weighted by atomic mass is 9.84. The zero-order valence-corrected chi connectivity index (χ0v) is 9.99. The van der Waals surface area contributed by atoms with Crippen LogP contribution in [0.15, 0.2) is 0 Å². The predicted octanol–water partition coefficient (Wildman–Crippen LogP) is 1.21. The SMILES string of the molecule is CCCN(CCO)CC1CCCCC1N. The summed E-state index contributed by atoms with van der Waals surface area (Å²) in [7, 11) is 0. The first-order chi connectivity index (χ1) is 7.27. The second kappa shape index (κ2) is 7.20. The molecule has 0 bridgehead atoms. The van der Waals surface area contributed by atoms with Gasteiger partial charge in [0.05, 0.1) is 6.61 Å². The lowest BCUT2D eigenvalue weighted by Crippen LogP contribution is -2.42. The van der Waals surface area contributed by atoms with Crippen LogP contribution in [0.25, 0.3) is 0 Å². The summed E-state index contributed by atoms with van der Waals surface area (Å²) < 4.78 is 0. The van der Waals surface area contributed by atoms with Crippen LogP contribution < -0.4 is 5.73 Å². The van der Waals surface area contributed by atoms with Gasteiger partial charge in [-0.15, -0.1) is 0 Å². The Balaban J connectivity index is 2.33. The van der Waals surface area contributed by atoms with Gasteiger partial charge in [-0.25, -0.2) is 0 Å². The monoisotopic (exact) mass is 214 g/mol. The van der Waals surface area contributed by atoms with Crippen molar-refractivity contribution in [3.8, 4) is 0 Å². The van der Waals surface area contributed by atoms with E-state index in [1.54, 1.807) is 0 Å². The van der Waals surface area contributed by atoms with Crippen molar-refractivity contribution in [1.82, 2.24) is 4.90 Å². The molecular formula is C12H26N2O. The number of nitrogens with zero attached hydrogens (tertiary/aromatic N) is 1. The van der Waals surface area contributed by atoms with E-state index in [-0.39, 0.29) is 6.61 Å². The summed E-state index contributed by atoms with van der Waals surface area (Å²) in [5.74, 6) is 0.650. The first kappa shape index (κ1) is 12.9. The molecule has 90 valence electrons. The van der Waals surface area contributed by atoms with Gasteiger partial charge in [-0.3, -0.25) is 0 Å². The minimum Gasteiger partial charge on any atom is -0.395 e. The van der Waals surface area contributed by atoms with Gasteiger partial charge in [-0.1, -0.05) is 19.8 Å². The standard InChI is InChI=1S/C12H26N2O/c1-2-7-14(8-9-15)10-11-5-3-4-6-12(11)13/h11-12,15H,2-10,13H2,1H3. The normalized spacial score (nSPS) is 27.2. The van der Waals surface area contributed by atoms with Gasteiger partial charge < -0.3 is 15.7 Å². The van der Waals surface area contributed by atoms with Crippen LogP contribution in [0.4, 0.5) is 0 Å². The van der Waals surface area contributed by atoms with Gasteiger partial charge in [-0.2, -0.15) is 0 Å². The summed E-state index contributed by atoms with van der Waals surface area (Å²) in [6, 6.07) is 0.386. The van der Waals surface area contributed by atoms with Crippen molar-refractivity contribution in [2.45, 2.75) is 45.1 Å². The number of aliphatic hydroxyl groups is 1. The summed E-state index contributed by atoms with van der Waals surface area (Å²) in [4.78, 5) is 2.36. The molecular weight excluding hydrogens is 188 g/mol. The topological polar surface area (TPSA) is 49.5 Å². The molecule has 3 heteroatoms. The number of hydrogen-bond acceptors (Lipinski definition) is 3. The zero-order valence-electron chi connectivity index (χ0n) is 9.99. The van der Waals surface area contributed by atoms with Crippen LogP contribution >= 0.6 is 0 Å². The summed E-state index contributed by atoms with van der Waals surface area (Å²) in [5, 5.41) is 8.99. The average Bonchev–Trinajstić information content (AvgIpc) is 2.22. The third kappa shape index (κ3) is 4.49. The van der Waals surface area contributed by atoms with E-state index in [1.165, 1.54) is 25.7 Å². The molecule has 0 aromatic heterocycles. The predicted molar refractivity (Wildman–Crippen MR) is 63.8 cm³/mol. The highest BCUT2D eigenvalue weighted by Crippen LogP contribution is 2.23. The maximum atomic E-state index is 8.99. The molecule has 3 nitrogen and oxygen atoms in total. The fourth-order valence-electron chi connectivity index (χ4n) is 2.55. The van der Waals surface area contributed by atoms with Crippen molar-refractivity contribution in [3.63, 3.8) is 0 Å². The van der Waals surface area contributed by atoms with Crippen LogP contribution in [0.3, 0.4) is 0 Å². The van der Waals surface area contributed by atoms with Crippen molar-refractivity contribution in [3.05, 3.63) is 0 Å². The molecule has 2 unspecified atom stereocenters. The van der Waals surface area contributed by atoms with Gasteiger partial charge in [0.15, 0.2) is 0 Å². The Kier molecular flexibility index (Phi) is 6.22. The highest BCUT2D eigenvalue weighted by molar-refractivity contribution is 4.80. The molecule has 2 atom stereocenters. The van der Waals surface area contributed by atoms with Crippen molar-refractivity contribution >= 4 is 0 Å². The van der Waals surface area contributed by atoms with E-state index in [2.05, 4.69) is 11.8 Å². The fourth-order valence-corrected chi connectivity index (χ4v) is 2.55. The summed E-state index contributed by atoms with van der Waals surface area (Å²) >= 11 is 0. The third-order valence-corrected chi connectivity index (χ3v) is 3.42. The summed E-state index contributed by atoms with van der Waals surface area (Å²) in [6.45, 7) is 5.42. The molecule has 0 aromatic carbocycles. The number of rotatable bonds is 6. The Morgan fingerprint density at radius 1 is 1.27 bits per heavy atom. The average molecular weight is 214 g/mol. The first-order valence-corrected chi connectivity index (χ1v) is 6.36. The molecule has 3 N–H and O–H groups in total. The molecule has 0 aliphatic heterocycles. The zero-order chi connectivity index (χ0) is 11.1. The Hall–Kier alpha value is -0.120. The van der Waals surface area contributed by atoms with Crippen LogP contribution in [0, 0.1) is 5.92 Å². The van der Waals surface area contributed by atoms with Crippen molar-refractivity contribution < 1.29 is 5.11 Å². The Bertz CT molecular complexity index is 158. The number of aliphatic hydroxyl groups excluding tert-OH is 1. The third-order valence-electron chi connectivity index (χ3n) is 3.42. The van der Waals surface area contributed by atoms with Gasteiger partial charge in [-0.05, 0) is 31.7 Å². The van der Waals surface area contributed by atoms with Gasteiger partial charge >= 0.3 is 0 Å². The van der Waals surface area contributed by atoms with E-state index in [0.717, 1.165) is 26.1 Å². The van der Waals surface area contributed by atoms with E-state index in [0.29, 0.717) is 12.0 Å². The van der Waals surface area contributed by atoms with Crippen molar-refractivity contribution in [2.24, 2.45) is 11.7 Å². The molecule has 1 fully saturated rings. The Morgan fingerprint density at radius 2 is 2.00 bits per heavy atom. The summed E-state index contributed by atoms with van der Waals surface area (Å²) in [5.41, 5.74) is 6.13. The molecule has 1 aliphatic carbocycles. The molecule has 0 radical (unpaired) electrons. The minimum atomic E-state index is 0.266.